The van der Waals surface area contributed by atoms with Gasteiger partial charge in [0.1, 0.15) is 0 Å². The van der Waals surface area contributed by atoms with Crippen LogP contribution in [0, 0.1) is 16.4 Å². The molecule has 0 saturated carbocycles. The molecule has 0 bridgehead atoms. The van der Waals surface area contributed by atoms with Crippen LogP contribution in [0.25, 0.3) is 0 Å². The topological polar surface area (TPSA) is 29.1 Å². The Balaban J connectivity index is 2.69. The van der Waals surface area contributed by atoms with Gasteiger partial charge < -0.3 is 5.32 Å². The van der Waals surface area contributed by atoms with Gasteiger partial charge in [0.05, 0.1) is 0 Å². The molecule has 0 aliphatic heterocycles. The Morgan fingerprint density at radius 3 is 2.75 bits per heavy atom. The third-order valence-electron chi connectivity index (χ3n) is 2.62. The number of halogens is 1. The van der Waals surface area contributed by atoms with Gasteiger partial charge in [0.25, 0.3) is 0 Å². The van der Waals surface area contributed by atoms with Gasteiger partial charge in [0.2, 0.25) is 5.91 Å². The standard InChI is InChI=1S/C13H18INO/c1-4-5-9(2)13(16)15-12-7-6-11(14)8-10(12)3/h6-9H,4-5H2,1-3H3,(H,15,16). The summed E-state index contributed by atoms with van der Waals surface area (Å²) < 4.78 is 1.19. The van der Waals surface area contributed by atoms with Gasteiger partial charge in [-0.3, -0.25) is 4.79 Å². The minimum absolute atomic E-state index is 0.0867. The highest BCUT2D eigenvalue weighted by molar-refractivity contribution is 14.1. The Bertz CT molecular complexity index is 376. The molecule has 0 heterocycles. The largest absolute Gasteiger partial charge is 0.326 e. The lowest BCUT2D eigenvalue weighted by atomic mass is 10.1. The second-order valence-electron chi connectivity index (χ2n) is 4.14. The van der Waals surface area contributed by atoms with Crippen molar-refractivity contribution in [2.45, 2.75) is 33.6 Å². The molecule has 0 fully saturated rings. The first kappa shape index (κ1) is 13.5. The zero-order valence-corrected chi connectivity index (χ0v) is 12.2. The molecule has 16 heavy (non-hydrogen) atoms. The van der Waals surface area contributed by atoms with Crippen LogP contribution in [0.5, 0.6) is 0 Å². The second kappa shape index (κ2) is 6.23. The van der Waals surface area contributed by atoms with Crippen LogP contribution >= 0.6 is 22.6 Å². The van der Waals surface area contributed by atoms with Crippen LogP contribution < -0.4 is 5.32 Å². The maximum absolute atomic E-state index is 11.8. The van der Waals surface area contributed by atoms with E-state index in [-0.39, 0.29) is 11.8 Å². The van der Waals surface area contributed by atoms with E-state index < -0.39 is 0 Å². The molecule has 1 unspecified atom stereocenters. The number of hydrogen-bond acceptors (Lipinski definition) is 1. The van der Waals surface area contributed by atoms with E-state index in [4.69, 9.17) is 0 Å². The Morgan fingerprint density at radius 1 is 1.50 bits per heavy atom. The molecule has 0 aliphatic carbocycles. The molecule has 0 aliphatic rings. The highest BCUT2D eigenvalue weighted by atomic mass is 127. The number of hydrogen-bond donors (Lipinski definition) is 1. The van der Waals surface area contributed by atoms with Crippen molar-refractivity contribution >= 4 is 34.2 Å². The first-order valence-electron chi connectivity index (χ1n) is 5.61. The molecule has 0 saturated heterocycles. The molecule has 3 heteroatoms. The van der Waals surface area contributed by atoms with E-state index in [1.165, 1.54) is 3.57 Å². The van der Waals surface area contributed by atoms with Gasteiger partial charge in [-0.1, -0.05) is 20.3 Å². The van der Waals surface area contributed by atoms with Gasteiger partial charge in [-0.05, 0) is 59.7 Å². The number of aryl methyl sites for hydroxylation is 1. The molecule has 2 nitrogen and oxygen atoms in total. The summed E-state index contributed by atoms with van der Waals surface area (Å²) in [4.78, 5) is 11.8. The van der Waals surface area contributed by atoms with E-state index in [1.807, 2.05) is 26.0 Å². The fraction of sp³-hybridized carbons (Fsp3) is 0.462. The summed E-state index contributed by atoms with van der Waals surface area (Å²) in [6.45, 7) is 6.09. The van der Waals surface area contributed by atoms with Crippen molar-refractivity contribution in [1.82, 2.24) is 0 Å². The molecule has 1 aromatic rings. The van der Waals surface area contributed by atoms with Gasteiger partial charge in [-0.25, -0.2) is 0 Å². The zero-order chi connectivity index (χ0) is 12.1. The number of benzene rings is 1. The van der Waals surface area contributed by atoms with Gasteiger partial charge in [-0.15, -0.1) is 0 Å². The van der Waals surface area contributed by atoms with E-state index in [9.17, 15) is 4.79 Å². The number of carbonyl (C=O) groups excluding carboxylic acids is 1. The molecule has 1 N–H and O–H groups in total. The molecule has 1 amide bonds. The van der Waals surface area contributed by atoms with Crippen molar-refractivity contribution < 1.29 is 4.79 Å². The van der Waals surface area contributed by atoms with Crippen LogP contribution in [0.15, 0.2) is 18.2 Å². The second-order valence-corrected chi connectivity index (χ2v) is 5.38. The molecule has 1 atom stereocenters. The summed E-state index contributed by atoms with van der Waals surface area (Å²) in [7, 11) is 0. The molecular weight excluding hydrogens is 313 g/mol. The fourth-order valence-electron chi connectivity index (χ4n) is 1.59. The van der Waals surface area contributed by atoms with Crippen molar-refractivity contribution in [2.75, 3.05) is 5.32 Å². The van der Waals surface area contributed by atoms with Gasteiger partial charge in [0.15, 0.2) is 0 Å². The number of carbonyl (C=O) groups is 1. The summed E-state index contributed by atoms with van der Waals surface area (Å²) in [6, 6.07) is 6.04. The minimum atomic E-state index is 0.0867. The van der Waals surface area contributed by atoms with Gasteiger partial charge >= 0.3 is 0 Å². The summed E-state index contributed by atoms with van der Waals surface area (Å²) >= 11 is 2.27. The number of rotatable bonds is 4. The van der Waals surface area contributed by atoms with E-state index >= 15 is 0 Å². The fourth-order valence-corrected chi connectivity index (χ4v) is 2.23. The lowest BCUT2D eigenvalue weighted by molar-refractivity contribution is -0.119. The van der Waals surface area contributed by atoms with Gasteiger partial charge in [0, 0.05) is 15.2 Å². The van der Waals surface area contributed by atoms with E-state index in [0.717, 1.165) is 24.1 Å². The van der Waals surface area contributed by atoms with Gasteiger partial charge in [-0.2, -0.15) is 0 Å². The number of anilines is 1. The highest BCUT2D eigenvalue weighted by Gasteiger charge is 2.12. The van der Waals surface area contributed by atoms with Crippen LogP contribution in [0.1, 0.15) is 32.3 Å². The molecule has 0 aromatic heterocycles. The first-order chi connectivity index (χ1) is 7.54. The van der Waals surface area contributed by atoms with Crippen LogP contribution in [0.3, 0.4) is 0 Å². The molecule has 1 rings (SSSR count). The summed E-state index contributed by atoms with van der Waals surface area (Å²) in [5.41, 5.74) is 2.04. The Hall–Kier alpha value is -0.580. The first-order valence-corrected chi connectivity index (χ1v) is 6.69. The van der Waals surface area contributed by atoms with Crippen LogP contribution in [0.4, 0.5) is 5.69 Å². The van der Waals surface area contributed by atoms with Crippen molar-refractivity contribution in [3.8, 4) is 0 Å². The predicted molar refractivity (Wildman–Crippen MR) is 76.6 cm³/mol. The molecule has 0 radical (unpaired) electrons. The average Bonchev–Trinajstić information content (AvgIpc) is 2.22. The highest BCUT2D eigenvalue weighted by Crippen LogP contribution is 2.19. The van der Waals surface area contributed by atoms with Crippen LogP contribution in [-0.2, 0) is 4.79 Å². The normalized spacial score (nSPS) is 12.2. The molecule has 88 valence electrons. The Kier molecular flexibility index (Phi) is 5.25. The Morgan fingerprint density at radius 2 is 2.19 bits per heavy atom. The average molecular weight is 331 g/mol. The predicted octanol–water partition coefficient (Wildman–Crippen LogP) is 3.97. The maximum atomic E-state index is 11.8. The van der Waals surface area contributed by atoms with Crippen molar-refractivity contribution in [3.05, 3.63) is 27.3 Å². The van der Waals surface area contributed by atoms with Crippen LogP contribution in [0.2, 0.25) is 0 Å². The summed E-state index contributed by atoms with van der Waals surface area (Å²) in [5.74, 6) is 0.204. The summed E-state index contributed by atoms with van der Waals surface area (Å²) in [6.07, 6.45) is 1.98. The monoisotopic (exact) mass is 331 g/mol. The number of amides is 1. The van der Waals surface area contributed by atoms with E-state index in [0.29, 0.717) is 0 Å². The third-order valence-corrected chi connectivity index (χ3v) is 3.29. The van der Waals surface area contributed by atoms with E-state index in [1.54, 1.807) is 0 Å². The smallest absolute Gasteiger partial charge is 0.227 e. The minimum Gasteiger partial charge on any atom is -0.326 e. The maximum Gasteiger partial charge on any atom is 0.227 e. The molecule has 0 spiro atoms. The lowest BCUT2D eigenvalue weighted by Crippen LogP contribution is -2.20. The third kappa shape index (κ3) is 3.77. The molecular formula is C13H18INO. The van der Waals surface area contributed by atoms with Crippen molar-refractivity contribution in [1.29, 1.82) is 0 Å². The Labute approximate surface area is 111 Å². The lowest BCUT2D eigenvalue weighted by Gasteiger charge is -2.13. The van der Waals surface area contributed by atoms with Crippen LogP contribution in [-0.4, -0.2) is 5.91 Å². The van der Waals surface area contributed by atoms with Crippen molar-refractivity contribution in [3.63, 3.8) is 0 Å². The SMILES string of the molecule is CCCC(C)C(=O)Nc1ccc(I)cc1C. The molecule has 1 aromatic carbocycles. The quantitative estimate of drug-likeness (QED) is 0.831. The summed E-state index contributed by atoms with van der Waals surface area (Å²) in [5, 5.41) is 2.98. The van der Waals surface area contributed by atoms with E-state index in [2.05, 4.69) is 40.9 Å². The zero-order valence-electron chi connectivity index (χ0n) is 10.0. The number of nitrogens with one attached hydrogen (secondary N) is 1. The van der Waals surface area contributed by atoms with Crippen molar-refractivity contribution in [2.24, 2.45) is 5.92 Å².